The molecule has 0 amide bonds. The molecule has 2 fully saturated rings. The molecule has 0 bridgehead atoms. The van der Waals surface area contributed by atoms with Gasteiger partial charge in [0, 0.05) is 38.5 Å². The molecule has 0 spiro atoms. The van der Waals surface area contributed by atoms with Crippen molar-refractivity contribution in [1.82, 2.24) is 10.3 Å². The SMILES string of the molecule is c1ccc(N2CCC(NCCCOCC3CC3)CC2)nc1. The third-order valence-corrected chi connectivity index (χ3v) is 4.42. The van der Waals surface area contributed by atoms with Crippen molar-refractivity contribution < 1.29 is 4.74 Å². The van der Waals surface area contributed by atoms with Crippen LogP contribution in [0.5, 0.6) is 0 Å². The molecule has 1 aliphatic heterocycles. The van der Waals surface area contributed by atoms with Crippen LogP contribution in [0.4, 0.5) is 5.82 Å². The van der Waals surface area contributed by atoms with Crippen molar-refractivity contribution in [3.8, 4) is 0 Å². The third-order valence-electron chi connectivity index (χ3n) is 4.42. The summed E-state index contributed by atoms with van der Waals surface area (Å²) in [6.45, 7) is 5.19. The normalized spacial score (nSPS) is 19.9. The highest BCUT2D eigenvalue weighted by molar-refractivity contribution is 5.38. The van der Waals surface area contributed by atoms with Crippen LogP contribution in [0.25, 0.3) is 0 Å². The summed E-state index contributed by atoms with van der Waals surface area (Å²) in [5, 5.41) is 3.67. The lowest BCUT2D eigenvalue weighted by molar-refractivity contribution is 0.121. The number of ether oxygens (including phenoxy) is 1. The fourth-order valence-corrected chi connectivity index (χ4v) is 2.87. The number of anilines is 1. The lowest BCUT2D eigenvalue weighted by atomic mass is 10.0. The molecule has 0 aromatic carbocycles. The summed E-state index contributed by atoms with van der Waals surface area (Å²) in [6.07, 6.45) is 8.19. The Morgan fingerprint density at radius 1 is 1.19 bits per heavy atom. The number of pyridine rings is 1. The van der Waals surface area contributed by atoms with E-state index in [0.717, 1.165) is 51.0 Å². The average Bonchev–Trinajstić information content (AvgIpc) is 3.36. The Hall–Kier alpha value is -1.13. The first kappa shape index (κ1) is 14.8. The molecular weight excluding hydrogens is 262 g/mol. The lowest BCUT2D eigenvalue weighted by Gasteiger charge is -2.33. The summed E-state index contributed by atoms with van der Waals surface area (Å²) < 4.78 is 5.67. The van der Waals surface area contributed by atoms with Crippen molar-refractivity contribution in [2.45, 2.75) is 38.1 Å². The van der Waals surface area contributed by atoms with Crippen molar-refractivity contribution in [1.29, 1.82) is 0 Å². The number of nitrogens with one attached hydrogen (secondary N) is 1. The van der Waals surface area contributed by atoms with Gasteiger partial charge in [-0.3, -0.25) is 0 Å². The topological polar surface area (TPSA) is 37.4 Å². The number of nitrogens with zero attached hydrogens (tertiary/aromatic N) is 2. The van der Waals surface area contributed by atoms with Crippen molar-refractivity contribution in [3.05, 3.63) is 24.4 Å². The van der Waals surface area contributed by atoms with Gasteiger partial charge in [0.05, 0.1) is 0 Å². The third kappa shape index (κ3) is 4.97. The summed E-state index contributed by atoms with van der Waals surface area (Å²) >= 11 is 0. The molecular formula is C17H27N3O. The van der Waals surface area contributed by atoms with Crippen molar-refractivity contribution in [2.24, 2.45) is 5.92 Å². The van der Waals surface area contributed by atoms with Crippen LogP contribution in [0.3, 0.4) is 0 Å². The van der Waals surface area contributed by atoms with E-state index < -0.39 is 0 Å². The predicted molar refractivity (Wildman–Crippen MR) is 85.6 cm³/mol. The van der Waals surface area contributed by atoms with Gasteiger partial charge in [-0.25, -0.2) is 4.98 Å². The van der Waals surface area contributed by atoms with Gasteiger partial charge >= 0.3 is 0 Å². The summed E-state index contributed by atoms with van der Waals surface area (Å²) in [4.78, 5) is 6.82. The average molecular weight is 289 g/mol. The Bertz CT molecular complexity index is 400. The maximum Gasteiger partial charge on any atom is 0.128 e. The van der Waals surface area contributed by atoms with Crippen LogP contribution in [0, 0.1) is 5.92 Å². The fourth-order valence-electron chi connectivity index (χ4n) is 2.87. The zero-order valence-electron chi connectivity index (χ0n) is 12.8. The van der Waals surface area contributed by atoms with Gasteiger partial charge in [-0.2, -0.15) is 0 Å². The van der Waals surface area contributed by atoms with Crippen molar-refractivity contribution in [2.75, 3.05) is 37.7 Å². The zero-order chi connectivity index (χ0) is 14.3. The van der Waals surface area contributed by atoms with Crippen LogP contribution in [-0.2, 0) is 4.74 Å². The molecule has 4 nitrogen and oxygen atoms in total. The monoisotopic (exact) mass is 289 g/mol. The van der Waals surface area contributed by atoms with Crippen molar-refractivity contribution >= 4 is 5.82 Å². The van der Waals surface area contributed by atoms with Crippen LogP contribution >= 0.6 is 0 Å². The molecule has 21 heavy (non-hydrogen) atoms. The van der Waals surface area contributed by atoms with E-state index in [-0.39, 0.29) is 0 Å². The van der Waals surface area contributed by atoms with E-state index in [1.807, 2.05) is 12.3 Å². The highest BCUT2D eigenvalue weighted by atomic mass is 16.5. The lowest BCUT2D eigenvalue weighted by Crippen LogP contribution is -2.43. The summed E-state index contributed by atoms with van der Waals surface area (Å²) in [7, 11) is 0. The van der Waals surface area contributed by atoms with E-state index in [9.17, 15) is 0 Å². The van der Waals surface area contributed by atoms with Crippen LogP contribution < -0.4 is 10.2 Å². The molecule has 1 aromatic heterocycles. The Morgan fingerprint density at radius 2 is 2.05 bits per heavy atom. The highest BCUT2D eigenvalue weighted by Crippen LogP contribution is 2.28. The Labute approximate surface area is 127 Å². The second-order valence-electron chi connectivity index (χ2n) is 6.28. The molecule has 4 heteroatoms. The molecule has 1 aromatic rings. The number of hydrogen-bond donors (Lipinski definition) is 1. The Kier molecular flexibility index (Phi) is 5.46. The first-order valence-corrected chi connectivity index (χ1v) is 8.39. The van der Waals surface area contributed by atoms with Crippen LogP contribution in [0.1, 0.15) is 32.1 Å². The Balaban J connectivity index is 1.25. The minimum atomic E-state index is 0.661. The molecule has 1 aliphatic carbocycles. The number of aromatic nitrogens is 1. The minimum Gasteiger partial charge on any atom is -0.381 e. The van der Waals surface area contributed by atoms with Crippen molar-refractivity contribution in [3.63, 3.8) is 0 Å². The molecule has 116 valence electrons. The molecule has 3 rings (SSSR count). The predicted octanol–water partition coefficient (Wildman–Crippen LogP) is 2.46. The molecule has 0 atom stereocenters. The molecule has 1 saturated carbocycles. The number of piperidine rings is 1. The zero-order valence-corrected chi connectivity index (χ0v) is 12.8. The number of rotatable bonds is 8. The maximum atomic E-state index is 5.67. The smallest absolute Gasteiger partial charge is 0.128 e. The summed E-state index contributed by atoms with van der Waals surface area (Å²) in [5.74, 6) is 2.00. The van der Waals surface area contributed by atoms with Gasteiger partial charge in [-0.05, 0) is 56.7 Å². The maximum absolute atomic E-state index is 5.67. The molecule has 0 unspecified atom stereocenters. The van der Waals surface area contributed by atoms with Gasteiger partial charge in [0.2, 0.25) is 0 Å². The fraction of sp³-hybridized carbons (Fsp3) is 0.706. The standard InChI is InChI=1S/C17H27N3O/c1-2-9-19-17(4-1)20-11-7-16(8-12-20)18-10-3-13-21-14-15-5-6-15/h1-2,4,9,15-16,18H,3,5-8,10-14H2. The van der Waals surface area contributed by atoms with E-state index in [1.54, 1.807) is 0 Å². The number of hydrogen-bond acceptors (Lipinski definition) is 4. The van der Waals surface area contributed by atoms with E-state index in [0.29, 0.717) is 6.04 Å². The van der Waals surface area contributed by atoms with Crippen LogP contribution in [0.2, 0.25) is 0 Å². The molecule has 0 radical (unpaired) electrons. The first-order valence-electron chi connectivity index (χ1n) is 8.39. The van der Waals surface area contributed by atoms with E-state index in [2.05, 4.69) is 27.3 Å². The van der Waals surface area contributed by atoms with Gasteiger partial charge in [-0.1, -0.05) is 6.07 Å². The van der Waals surface area contributed by atoms with Gasteiger partial charge < -0.3 is 15.0 Å². The van der Waals surface area contributed by atoms with Crippen LogP contribution in [-0.4, -0.2) is 43.9 Å². The van der Waals surface area contributed by atoms with Gasteiger partial charge in [0.1, 0.15) is 5.82 Å². The molecule has 2 heterocycles. The molecule has 1 N–H and O–H groups in total. The second kappa shape index (κ2) is 7.76. The Morgan fingerprint density at radius 3 is 2.76 bits per heavy atom. The summed E-state index contributed by atoms with van der Waals surface area (Å²) in [5.41, 5.74) is 0. The first-order chi connectivity index (χ1) is 10.4. The van der Waals surface area contributed by atoms with Crippen LogP contribution in [0.15, 0.2) is 24.4 Å². The minimum absolute atomic E-state index is 0.661. The second-order valence-corrected chi connectivity index (χ2v) is 6.28. The van der Waals surface area contributed by atoms with Gasteiger partial charge in [0.25, 0.3) is 0 Å². The van der Waals surface area contributed by atoms with E-state index in [4.69, 9.17) is 4.74 Å². The van der Waals surface area contributed by atoms with Gasteiger partial charge in [-0.15, -0.1) is 0 Å². The molecule has 1 saturated heterocycles. The quantitative estimate of drug-likeness (QED) is 0.746. The molecule has 2 aliphatic rings. The van der Waals surface area contributed by atoms with E-state index >= 15 is 0 Å². The van der Waals surface area contributed by atoms with Gasteiger partial charge in [0.15, 0.2) is 0 Å². The highest BCUT2D eigenvalue weighted by Gasteiger charge is 2.21. The largest absolute Gasteiger partial charge is 0.381 e. The van der Waals surface area contributed by atoms with E-state index in [1.165, 1.54) is 25.7 Å². The summed E-state index contributed by atoms with van der Waals surface area (Å²) in [6, 6.07) is 6.80.